The van der Waals surface area contributed by atoms with Gasteiger partial charge in [-0.3, -0.25) is 0 Å². The van der Waals surface area contributed by atoms with Gasteiger partial charge in [-0.25, -0.2) is 0 Å². The second-order valence-electron chi connectivity index (χ2n) is 2.85. The van der Waals surface area contributed by atoms with Gasteiger partial charge in [0.15, 0.2) is 5.79 Å². The third-order valence-electron chi connectivity index (χ3n) is 1.64. The monoisotopic (exact) mass is 146 g/mol. The van der Waals surface area contributed by atoms with Crippen LogP contribution in [-0.4, -0.2) is 30.2 Å². The quantitative estimate of drug-likeness (QED) is 0.617. The van der Waals surface area contributed by atoms with Crippen LogP contribution in [0.15, 0.2) is 0 Å². The third kappa shape index (κ3) is 1.68. The largest absolute Gasteiger partial charge is 0.396 e. The number of aliphatic hydroxyl groups is 1. The lowest BCUT2D eigenvalue weighted by Gasteiger charge is -2.21. The molecule has 2 atom stereocenters. The van der Waals surface area contributed by atoms with Gasteiger partial charge in [0.25, 0.3) is 0 Å². The van der Waals surface area contributed by atoms with Crippen molar-refractivity contribution in [3.8, 4) is 0 Å². The van der Waals surface area contributed by atoms with E-state index in [2.05, 4.69) is 0 Å². The zero-order valence-corrected chi connectivity index (χ0v) is 6.46. The Labute approximate surface area is 60.9 Å². The highest BCUT2D eigenvalue weighted by molar-refractivity contribution is 4.71. The zero-order chi connectivity index (χ0) is 7.61. The van der Waals surface area contributed by atoms with Crippen LogP contribution in [0.4, 0.5) is 0 Å². The van der Waals surface area contributed by atoms with Crippen molar-refractivity contribution in [2.24, 2.45) is 0 Å². The van der Waals surface area contributed by atoms with Gasteiger partial charge in [-0.2, -0.15) is 0 Å². The standard InChI is InChI=1S/C7H14O3/c1-6-5-9-7(2,10-6)3-4-8/h6,8H,3-5H2,1-2H3. The molecule has 0 aromatic rings. The Kier molecular flexibility index (Phi) is 2.28. The van der Waals surface area contributed by atoms with Crippen LogP contribution < -0.4 is 0 Å². The maximum Gasteiger partial charge on any atom is 0.168 e. The molecule has 10 heavy (non-hydrogen) atoms. The van der Waals surface area contributed by atoms with Crippen LogP contribution >= 0.6 is 0 Å². The highest BCUT2D eigenvalue weighted by Gasteiger charge is 2.34. The summed E-state index contributed by atoms with van der Waals surface area (Å²) in [5.41, 5.74) is 0. The molecule has 0 spiro atoms. The summed E-state index contributed by atoms with van der Waals surface area (Å²) in [7, 11) is 0. The lowest BCUT2D eigenvalue weighted by Crippen LogP contribution is -2.27. The van der Waals surface area contributed by atoms with E-state index in [9.17, 15) is 0 Å². The molecule has 60 valence electrons. The first-order chi connectivity index (χ1) is 4.66. The molecule has 0 aromatic carbocycles. The van der Waals surface area contributed by atoms with Gasteiger partial charge >= 0.3 is 0 Å². The molecule has 1 rings (SSSR count). The van der Waals surface area contributed by atoms with Gasteiger partial charge in [-0.15, -0.1) is 0 Å². The molecule has 0 aromatic heterocycles. The average Bonchev–Trinajstić information content (AvgIpc) is 2.12. The Morgan fingerprint density at radius 2 is 2.40 bits per heavy atom. The van der Waals surface area contributed by atoms with Crippen LogP contribution in [-0.2, 0) is 9.47 Å². The fourth-order valence-electron chi connectivity index (χ4n) is 1.12. The molecule has 0 aliphatic carbocycles. The molecular formula is C7H14O3. The maximum absolute atomic E-state index is 8.62. The molecule has 1 saturated heterocycles. The van der Waals surface area contributed by atoms with Crippen LogP contribution in [0.1, 0.15) is 20.3 Å². The SMILES string of the molecule is CC1COC(C)(CCO)O1. The maximum atomic E-state index is 8.62. The summed E-state index contributed by atoms with van der Waals surface area (Å²) in [6, 6.07) is 0. The molecule has 1 aliphatic rings. The fraction of sp³-hybridized carbons (Fsp3) is 1.00. The molecule has 0 amide bonds. The minimum Gasteiger partial charge on any atom is -0.396 e. The number of aliphatic hydroxyl groups excluding tert-OH is 1. The van der Waals surface area contributed by atoms with E-state index in [0.29, 0.717) is 13.0 Å². The molecule has 0 saturated carbocycles. The molecule has 0 bridgehead atoms. The summed E-state index contributed by atoms with van der Waals surface area (Å²) in [6.45, 7) is 4.56. The van der Waals surface area contributed by atoms with Crippen molar-refractivity contribution in [2.75, 3.05) is 13.2 Å². The zero-order valence-electron chi connectivity index (χ0n) is 6.46. The van der Waals surface area contributed by atoms with Crippen LogP contribution in [0.25, 0.3) is 0 Å². The van der Waals surface area contributed by atoms with Crippen molar-refractivity contribution >= 4 is 0 Å². The average molecular weight is 146 g/mol. The van der Waals surface area contributed by atoms with E-state index in [1.165, 1.54) is 0 Å². The summed E-state index contributed by atoms with van der Waals surface area (Å²) >= 11 is 0. The summed E-state index contributed by atoms with van der Waals surface area (Å²) in [5.74, 6) is -0.534. The number of hydrogen-bond donors (Lipinski definition) is 1. The summed E-state index contributed by atoms with van der Waals surface area (Å²) in [4.78, 5) is 0. The Balaban J connectivity index is 2.38. The molecule has 2 unspecified atom stereocenters. The van der Waals surface area contributed by atoms with Crippen molar-refractivity contribution in [1.82, 2.24) is 0 Å². The lowest BCUT2D eigenvalue weighted by molar-refractivity contribution is -0.161. The number of ether oxygens (including phenoxy) is 2. The first-order valence-electron chi connectivity index (χ1n) is 3.59. The Hall–Kier alpha value is -0.120. The minimum atomic E-state index is -0.534. The predicted molar refractivity (Wildman–Crippen MR) is 36.6 cm³/mol. The van der Waals surface area contributed by atoms with Gasteiger partial charge in [-0.05, 0) is 13.8 Å². The Morgan fingerprint density at radius 3 is 2.80 bits per heavy atom. The lowest BCUT2D eigenvalue weighted by atomic mass is 10.2. The Bertz CT molecular complexity index is 111. The van der Waals surface area contributed by atoms with Gasteiger partial charge in [-0.1, -0.05) is 0 Å². The van der Waals surface area contributed by atoms with Crippen LogP contribution in [0.5, 0.6) is 0 Å². The van der Waals surface area contributed by atoms with Crippen LogP contribution in [0.3, 0.4) is 0 Å². The molecule has 1 heterocycles. The normalized spacial score (nSPS) is 40.5. The van der Waals surface area contributed by atoms with Gasteiger partial charge < -0.3 is 14.6 Å². The van der Waals surface area contributed by atoms with E-state index in [4.69, 9.17) is 14.6 Å². The fourth-order valence-corrected chi connectivity index (χ4v) is 1.12. The minimum absolute atomic E-state index is 0.114. The number of rotatable bonds is 2. The van der Waals surface area contributed by atoms with Gasteiger partial charge in [0.2, 0.25) is 0 Å². The van der Waals surface area contributed by atoms with E-state index in [0.717, 1.165) is 0 Å². The molecule has 3 nitrogen and oxygen atoms in total. The highest BCUT2D eigenvalue weighted by Crippen LogP contribution is 2.25. The topological polar surface area (TPSA) is 38.7 Å². The van der Waals surface area contributed by atoms with Crippen molar-refractivity contribution < 1.29 is 14.6 Å². The van der Waals surface area contributed by atoms with Crippen molar-refractivity contribution in [1.29, 1.82) is 0 Å². The van der Waals surface area contributed by atoms with Gasteiger partial charge in [0, 0.05) is 13.0 Å². The highest BCUT2D eigenvalue weighted by atomic mass is 16.7. The smallest absolute Gasteiger partial charge is 0.168 e. The molecule has 1 fully saturated rings. The number of hydrogen-bond acceptors (Lipinski definition) is 3. The second kappa shape index (κ2) is 2.86. The third-order valence-corrected chi connectivity index (χ3v) is 1.64. The van der Waals surface area contributed by atoms with Gasteiger partial charge in [0.1, 0.15) is 0 Å². The van der Waals surface area contributed by atoms with Gasteiger partial charge in [0.05, 0.1) is 12.7 Å². The van der Waals surface area contributed by atoms with E-state index in [-0.39, 0.29) is 12.7 Å². The van der Waals surface area contributed by atoms with Crippen molar-refractivity contribution in [2.45, 2.75) is 32.2 Å². The van der Waals surface area contributed by atoms with Crippen molar-refractivity contribution in [3.63, 3.8) is 0 Å². The molecule has 1 aliphatic heterocycles. The van der Waals surface area contributed by atoms with E-state index >= 15 is 0 Å². The second-order valence-corrected chi connectivity index (χ2v) is 2.85. The Morgan fingerprint density at radius 1 is 1.70 bits per heavy atom. The predicted octanol–water partition coefficient (Wildman–Crippen LogP) is 0.520. The molecular weight excluding hydrogens is 132 g/mol. The molecule has 0 radical (unpaired) electrons. The summed E-state index contributed by atoms with van der Waals surface area (Å²) in [5, 5.41) is 8.62. The van der Waals surface area contributed by atoms with E-state index < -0.39 is 5.79 Å². The van der Waals surface area contributed by atoms with E-state index in [1.54, 1.807) is 0 Å². The first-order valence-corrected chi connectivity index (χ1v) is 3.59. The molecule has 1 N–H and O–H groups in total. The van der Waals surface area contributed by atoms with Crippen molar-refractivity contribution in [3.05, 3.63) is 0 Å². The summed E-state index contributed by atoms with van der Waals surface area (Å²) < 4.78 is 10.7. The van der Waals surface area contributed by atoms with E-state index in [1.807, 2.05) is 13.8 Å². The van der Waals surface area contributed by atoms with Crippen LogP contribution in [0, 0.1) is 0 Å². The van der Waals surface area contributed by atoms with Crippen LogP contribution in [0.2, 0.25) is 0 Å². The first kappa shape index (κ1) is 7.98. The summed E-state index contributed by atoms with van der Waals surface area (Å²) in [6.07, 6.45) is 0.716. The molecule has 3 heteroatoms.